The van der Waals surface area contributed by atoms with E-state index in [1.807, 2.05) is 20.8 Å². The Kier molecular flexibility index (Phi) is 4.31. The normalized spacial score (nSPS) is 13.3. The molecule has 0 aliphatic carbocycles. The van der Waals surface area contributed by atoms with Crippen molar-refractivity contribution < 1.29 is 9.18 Å². The van der Waals surface area contributed by atoms with Crippen LogP contribution in [0.3, 0.4) is 0 Å². The van der Waals surface area contributed by atoms with Crippen LogP contribution in [0.5, 0.6) is 0 Å². The maximum atomic E-state index is 12.8. The predicted octanol–water partition coefficient (Wildman–Crippen LogP) is 3.52. The van der Waals surface area contributed by atoms with Crippen LogP contribution in [0.25, 0.3) is 0 Å². The van der Waals surface area contributed by atoms with E-state index in [0.717, 1.165) is 5.56 Å². The molecule has 0 saturated carbocycles. The third-order valence-corrected chi connectivity index (χ3v) is 3.10. The van der Waals surface area contributed by atoms with E-state index >= 15 is 0 Å². The summed E-state index contributed by atoms with van der Waals surface area (Å²) in [5, 5.41) is 0. The van der Waals surface area contributed by atoms with Crippen LogP contribution in [0.4, 0.5) is 4.39 Å². The summed E-state index contributed by atoms with van der Waals surface area (Å²) in [6.07, 6.45) is 0. The van der Waals surface area contributed by atoms with Crippen molar-refractivity contribution in [3.05, 3.63) is 35.6 Å². The van der Waals surface area contributed by atoms with E-state index in [4.69, 9.17) is 0 Å². The van der Waals surface area contributed by atoms with Gasteiger partial charge in [-0.25, -0.2) is 4.39 Å². The van der Waals surface area contributed by atoms with Crippen molar-refractivity contribution in [3.63, 3.8) is 0 Å². The minimum absolute atomic E-state index is 0.00525. The van der Waals surface area contributed by atoms with Crippen LogP contribution in [0.2, 0.25) is 0 Å². The monoisotopic (exact) mass is 301 g/mol. The second kappa shape index (κ2) is 5.17. The molecule has 0 N–H and O–H groups in total. The average molecular weight is 302 g/mol. The summed E-state index contributed by atoms with van der Waals surface area (Å²) in [5.41, 5.74) is 0.916. The first-order valence-corrected chi connectivity index (χ1v) is 6.24. The molecule has 1 aromatic carbocycles. The number of hydrogen-bond donors (Lipinski definition) is 0. The van der Waals surface area contributed by atoms with Crippen molar-refractivity contribution in [3.8, 4) is 0 Å². The molecule has 94 valence electrons. The number of amides is 1. The third kappa shape index (κ3) is 3.53. The number of carbonyl (C=O) groups is 1. The number of nitrogens with zero attached hydrogens (tertiary/aromatic N) is 1. The topological polar surface area (TPSA) is 20.3 Å². The van der Waals surface area contributed by atoms with E-state index in [1.165, 1.54) is 12.1 Å². The van der Waals surface area contributed by atoms with Gasteiger partial charge in [-0.3, -0.25) is 4.79 Å². The highest BCUT2D eigenvalue weighted by molar-refractivity contribution is 9.10. The van der Waals surface area contributed by atoms with E-state index in [1.54, 1.807) is 24.1 Å². The third-order valence-electron chi connectivity index (χ3n) is 2.76. The number of hydrogen-bond acceptors (Lipinski definition) is 1. The molecule has 17 heavy (non-hydrogen) atoms. The summed E-state index contributed by atoms with van der Waals surface area (Å²) in [7, 11) is 1.75. The van der Waals surface area contributed by atoms with Gasteiger partial charge in [0, 0.05) is 7.05 Å². The molecule has 0 heterocycles. The van der Waals surface area contributed by atoms with Gasteiger partial charge in [-0.05, 0) is 38.5 Å². The zero-order valence-corrected chi connectivity index (χ0v) is 12.1. The number of halogens is 2. The first-order chi connectivity index (χ1) is 7.73. The van der Waals surface area contributed by atoms with E-state index in [2.05, 4.69) is 15.9 Å². The lowest BCUT2D eigenvalue weighted by molar-refractivity contribution is -0.133. The number of rotatable bonds is 3. The smallest absolute Gasteiger partial charge is 0.239 e. The maximum absolute atomic E-state index is 12.8. The van der Waals surface area contributed by atoms with Crippen LogP contribution in [0.15, 0.2) is 24.3 Å². The van der Waals surface area contributed by atoms with Crippen molar-refractivity contribution >= 4 is 21.8 Å². The van der Waals surface area contributed by atoms with E-state index in [0.29, 0.717) is 0 Å². The van der Waals surface area contributed by atoms with Gasteiger partial charge in [0.05, 0.1) is 10.4 Å². The van der Waals surface area contributed by atoms with Crippen molar-refractivity contribution in [1.29, 1.82) is 0 Å². The molecule has 4 heteroatoms. The van der Waals surface area contributed by atoms with Gasteiger partial charge in [0.2, 0.25) is 5.91 Å². The number of alkyl halides is 1. The van der Waals surface area contributed by atoms with Crippen LogP contribution >= 0.6 is 15.9 Å². The van der Waals surface area contributed by atoms with Gasteiger partial charge in [0.1, 0.15) is 5.82 Å². The number of carbonyl (C=O) groups excluding carboxylic acids is 1. The molecule has 1 rings (SSSR count). The summed E-state index contributed by atoms with van der Waals surface area (Å²) in [5.74, 6) is -0.273. The van der Waals surface area contributed by atoms with E-state index in [-0.39, 0.29) is 17.8 Å². The van der Waals surface area contributed by atoms with Crippen LogP contribution in [-0.4, -0.2) is 22.2 Å². The lowest BCUT2D eigenvalue weighted by Gasteiger charge is -2.30. The molecule has 2 nitrogen and oxygen atoms in total. The highest BCUT2D eigenvalue weighted by atomic mass is 79.9. The van der Waals surface area contributed by atoms with Crippen molar-refractivity contribution in [2.45, 2.75) is 31.1 Å². The highest BCUT2D eigenvalue weighted by Crippen LogP contribution is 2.25. The lowest BCUT2D eigenvalue weighted by atomic mass is 10.1. The second-order valence-electron chi connectivity index (χ2n) is 4.62. The van der Waals surface area contributed by atoms with Crippen molar-refractivity contribution in [2.24, 2.45) is 0 Å². The first kappa shape index (κ1) is 14.2. The fraction of sp³-hybridized carbons (Fsp3) is 0.462. The van der Waals surface area contributed by atoms with Gasteiger partial charge in [-0.2, -0.15) is 0 Å². The second-order valence-corrected chi connectivity index (χ2v) is 6.60. The minimum atomic E-state index is -0.587. The Morgan fingerprint density at radius 2 is 1.82 bits per heavy atom. The SMILES string of the molecule is CC(c1ccc(F)cc1)N(C)C(=O)C(C)(C)Br. The highest BCUT2D eigenvalue weighted by Gasteiger charge is 2.29. The van der Waals surface area contributed by atoms with Crippen LogP contribution in [0.1, 0.15) is 32.4 Å². The van der Waals surface area contributed by atoms with E-state index < -0.39 is 4.32 Å². The average Bonchev–Trinajstić information content (AvgIpc) is 2.26. The molecule has 0 bridgehead atoms. The molecular weight excluding hydrogens is 285 g/mol. The molecule has 0 aliphatic rings. The predicted molar refractivity (Wildman–Crippen MR) is 70.6 cm³/mol. The van der Waals surface area contributed by atoms with Crippen LogP contribution in [0, 0.1) is 5.82 Å². The molecule has 1 aromatic rings. The molecule has 1 atom stereocenters. The molecular formula is C13H17BrFNO. The molecule has 1 amide bonds. The Hall–Kier alpha value is -0.900. The molecule has 0 aromatic heterocycles. The first-order valence-electron chi connectivity index (χ1n) is 5.45. The minimum Gasteiger partial charge on any atom is -0.338 e. The van der Waals surface area contributed by atoms with Crippen LogP contribution in [-0.2, 0) is 4.79 Å². The fourth-order valence-corrected chi connectivity index (χ4v) is 1.84. The molecule has 0 spiro atoms. The Morgan fingerprint density at radius 1 is 1.35 bits per heavy atom. The summed E-state index contributed by atoms with van der Waals surface area (Å²) in [6.45, 7) is 5.54. The summed E-state index contributed by atoms with van der Waals surface area (Å²) in [6, 6.07) is 6.13. The Labute approximate surface area is 110 Å². The molecule has 0 saturated heterocycles. The lowest BCUT2D eigenvalue weighted by Crippen LogP contribution is -2.40. The van der Waals surface area contributed by atoms with Crippen molar-refractivity contribution in [2.75, 3.05) is 7.05 Å². The quantitative estimate of drug-likeness (QED) is 0.782. The fourth-order valence-electron chi connectivity index (χ4n) is 1.56. The Balaban J connectivity index is 2.87. The molecule has 0 fully saturated rings. The maximum Gasteiger partial charge on any atom is 0.239 e. The van der Waals surface area contributed by atoms with Gasteiger partial charge >= 0.3 is 0 Å². The zero-order valence-electron chi connectivity index (χ0n) is 10.5. The van der Waals surface area contributed by atoms with Gasteiger partial charge < -0.3 is 4.90 Å². The standard InChI is InChI=1S/C13H17BrFNO/c1-9(10-5-7-11(15)8-6-10)16(4)12(17)13(2,3)14/h5-9H,1-4H3. The van der Waals surface area contributed by atoms with Gasteiger partial charge in [-0.15, -0.1) is 0 Å². The largest absolute Gasteiger partial charge is 0.338 e. The summed E-state index contributed by atoms with van der Waals surface area (Å²) < 4.78 is 12.2. The Morgan fingerprint density at radius 3 is 2.24 bits per heavy atom. The molecule has 0 radical (unpaired) electrons. The van der Waals surface area contributed by atoms with Crippen LogP contribution < -0.4 is 0 Å². The van der Waals surface area contributed by atoms with E-state index in [9.17, 15) is 9.18 Å². The number of benzene rings is 1. The zero-order chi connectivity index (χ0) is 13.2. The summed E-state index contributed by atoms with van der Waals surface area (Å²) >= 11 is 3.35. The van der Waals surface area contributed by atoms with Gasteiger partial charge in [0.15, 0.2) is 0 Å². The van der Waals surface area contributed by atoms with Crippen molar-refractivity contribution in [1.82, 2.24) is 4.90 Å². The Bertz CT molecular complexity index is 397. The summed E-state index contributed by atoms with van der Waals surface area (Å²) in [4.78, 5) is 13.7. The molecule has 0 aliphatic heterocycles. The molecule has 1 unspecified atom stereocenters. The van der Waals surface area contributed by atoms with Gasteiger partial charge in [0.25, 0.3) is 0 Å². The van der Waals surface area contributed by atoms with Gasteiger partial charge in [-0.1, -0.05) is 28.1 Å².